The molecule has 0 spiro atoms. The molecule has 27 heavy (non-hydrogen) atoms. The van der Waals surface area contributed by atoms with Gasteiger partial charge in [-0.15, -0.1) is 0 Å². The van der Waals surface area contributed by atoms with Gasteiger partial charge < -0.3 is 9.88 Å². The second kappa shape index (κ2) is 9.31. The van der Waals surface area contributed by atoms with Crippen LogP contribution in [0, 0.1) is 18.4 Å². The Morgan fingerprint density at radius 2 is 2.04 bits per heavy atom. The van der Waals surface area contributed by atoms with E-state index < -0.39 is 0 Å². The van der Waals surface area contributed by atoms with Crippen LogP contribution < -0.4 is 0 Å². The molecule has 1 aromatic carbocycles. The average Bonchev–Trinajstić information content (AvgIpc) is 3.02. The SMILES string of the molecule is C#CN(C(C)C)C1CC(CCc2nc3ccc(CCCCCC)cc3[nH]2)C1. The number of hydrogen-bond acceptors (Lipinski definition) is 2. The van der Waals surface area contributed by atoms with Crippen LogP contribution in [0.4, 0.5) is 0 Å². The highest BCUT2D eigenvalue weighted by Gasteiger charge is 2.33. The second-order valence-corrected chi connectivity index (χ2v) is 8.51. The van der Waals surface area contributed by atoms with Crippen LogP contribution in [0.5, 0.6) is 0 Å². The van der Waals surface area contributed by atoms with Crippen molar-refractivity contribution in [2.75, 3.05) is 0 Å². The van der Waals surface area contributed by atoms with Crippen LogP contribution in [0.25, 0.3) is 11.0 Å². The fourth-order valence-corrected chi connectivity index (χ4v) is 4.32. The number of fused-ring (bicyclic) bond motifs is 1. The molecule has 1 saturated carbocycles. The number of aromatic amines is 1. The lowest BCUT2D eigenvalue weighted by atomic mass is 9.76. The quantitative estimate of drug-likeness (QED) is 0.333. The van der Waals surface area contributed by atoms with Crippen molar-refractivity contribution >= 4 is 11.0 Å². The molecule has 0 atom stereocenters. The van der Waals surface area contributed by atoms with Gasteiger partial charge in [0.05, 0.1) is 11.0 Å². The molecule has 3 rings (SSSR count). The zero-order valence-corrected chi connectivity index (χ0v) is 17.3. The van der Waals surface area contributed by atoms with Crippen LogP contribution in [0.15, 0.2) is 18.2 Å². The zero-order valence-electron chi connectivity index (χ0n) is 17.3. The van der Waals surface area contributed by atoms with Gasteiger partial charge in [0.1, 0.15) is 5.82 Å². The summed E-state index contributed by atoms with van der Waals surface area (Å²) in [5, 5.41) is 0. The highest BCUT2D eigenvalue weighted by atomic mass is 15.2. The molecule has 1 aromatic heterocycles. The van der Waals surface area contributed by atoms with E-state index >= 15 is 0 Å². The monoisotopic (exact) mass is 365 g/mol. The molecule has 1 aliphatic carbocycles. The number of unbranched alkanes of at least 4 members (excludes halogenated alkanes) is 3. The number of aromatic nitrogens is 2. The van der Waals surface area contributed by atoms with Crippen molar-refractivity contribution in [1.82, 2.24) is 14.9 Å². The van der Waals surface area contributed by atoms with Crippen molar-refractivity contribution in [2.45, 2.75) is 90.6 Å². The van der Waals surface area contributed by atoms with Crippen LogP contribution in [0.2, 0.25) is 0 Å². The van der Waals surface area contributed by atoms with Crippen LogP contribution in [-0.2, 0) is 12.8 Å². The third-order valence-corrected chi connectivity index (χ3v) is 6.01. The standard InChI is InChI=1S/C24H35N3/c1-5-7-8-9-10-19-11-13-22-23(17-19)26-24(25-22)14-12-20-15-21(16-20)27(6-2)18(3)4/h2,11,13,17-18,20-21H,5,7-10,12,14-16H2,1,3-4H3,(H,25,26). The van der Waals surface area contributed by atoms with Gasteiger partial charge in [-0.1, -0.05) is 38.7 Å². The summed E-state index contributed by atoms with van der Waals surface area (Å²) in [6, 6.07) is 10.6. The first-order valence-corrected chi connectivity index (χ1v) is 10.8. The molecule has 0 saturated heterocycles. The van der Waals surface area contributed by atoms with Crippen LogP contribution in [-0.4, -0.2) is 27.0 Å². The van der Waals surface area contributed by atoms with Gasteiger partial charge in [-0.05, 0) is 69.6 Å². The van der Waals surface area contributed by atoms with Crippen molar-refractivity contribution in [3.05, 3.63) is 29.6 Å². The number of terminal acetylenes is 1. The first kappa shape index (κ1) is 19.8. The van der Waals surface area contributed by atoms with Crippen molar-refractivity contribution in [3.63, 3.8) is 0 Å². The van der Waals surface area contributed by atoms with Crippen molar-refractivity contribution in [1.29, 1.82) is 0 Å². The molecule has 1 heterocycles. The number of rotatable bonds is 10. The van der Waals surface area contributed by atoms with Crippen molar-refractivity contribution in [3.8, 4) is 12.5 Å². The Hall–Kier alpha value is -1.95. The van der Waals surface area contributed by atoms with E-state index in [-0.39, 0.29) is 0 Å². The summed E-state index contributed by atoms with van der Waals surface area (Å²) in [5.41, 5.74) is 3.73. The van der Waals surface area contributed by atoms with E-state index in [0.29, 0.717) is 12.1 Å². The maximum atomic E-state index is 5.66. The number of imidazole rings is 1. The molecule has 0 bridgehead atoms. The van der Waals surface area contributed by atoms with Crippen LogP contribution in [0.3, 0.4) is 0 Å². The lowest BCUT2D eigenvalue weighted by molar-refractivity contribution is 0.100. The van der Waals surface area contributed by atoms with E-state index in [1.54, 1.807) is 0 Å². The number of benzene rings is 1. The Balaban J connectivity index is 1.48. The molecule has 0 radical (unpaired) electrons. The molecule has 0 aliphatic heterocycles. The van der Waals surface area contributed by atoms with Gasteiger partial charge in [-0.2, -0.15) is 0 Å². The van der Waals surface area contributed by atoms with Gasteiger partial charge in [0.2, 0.25) is 0 Å². The Labute approximate surface area is 164 Å². The summed E-state index contributed by atoms with van der Waals surface area (Å²) in [6.45, 7) is 6.62. The molecular formula is C24H35N3. The second-order valence-electron chi connectivity index (χ2n) is 8.51. The van der Waals surface area contributed by atoms with E-state index in [2.05, 4.69) is 54.9 Å². The normalized spacial score (nSPS) is 19.2. The number of nitrogens with one attached hydrogen (secondary N) is 1. The summed E-state index contributed by atoms with van der Waals surface area (Å²) < 4.78 is 0. The number of hydrogen-bond donors (Lipinski definition) is 1. The van der Waals surface area contributed by atoms with Crippen LogP contribution in [0.1, 0.15) is 77.1 Å². The maximum Gasteiger partial charge on any atom is 0.107 e. The Bertz CT molecular complexity index is 762. The molecule has 0 amide bonds. The zero-order chi connectivity index (χ0) is 19.2. The summed E-state index contributed by atoms with van der Waals surface area (Å²) in [4.78, 5) is 10.5. The highest BCUT2D eigenvalue weighted by molar-refractivity contribution is 5.75. The van der Waals surface area contributed by atoms with Gasteiger partial charge in [-0.25, -0.2) is 4.98 Å². The third kappa shape index (κ3) is 5.06. The van der Waals surface area contributed by atoms with Crippen molar-refractivity contribution < 1.29 is 0 Å². The lowest BCUT2D eigenvalue weighted by Gasteiger charge is -2.43. The van der Waals surface area contributed by atoms with Gasteiger partial charge >= 0.3 is 0 Å². The summed E-state index contributed by atoms with van der Waals surface area (Å²) in [5.74, 6) is 1.92. The number of H-pyrrole nitrogens is 1. The smallest absolute Gasteiger partial charge is 0.107 e. The molecular weight excluding hydrogens is 330 g/mol. The Morgan fingerprint density at radius 3 is 2.74 bits per heavy atom. The van der Waals surface area contributed by atoms with E-state index in [1.807, 2.05) is 0 Å². The maximum absolute atomic E-state index is 5.66. The molecule has 3 heteroatoms. The number of nitrogens with zero attached hydrogens (tertiary/aromatic N) is 2. The van der Waals surface area contributed by atoms with Gasteiger partial charge in [-0.3, -0.25) is 0 Å². The minimum Gasteiger partial charge on any atom is -0.342 e. The van der Waals surface area contributed by atoms with Gasteiger partial charge in [0, 0.05) is 24.5 Å². The average molecular weight is 366 g/mol. The fraction of sp³-hybridized carbons (Fsp3) is 0.625. The lowest BCUT2D eigenvalue weighted by Crippen LogP contribution is -2.45. The number of aryl methyl sites for hydroxylation is 2. The van der Waals surface area contributed by atoms with E-state index in [4.69, 9.17) is 11.4 Å². The fourth-order valence-electron chi connectivity index (χ4n) is 4.32. The highest BCUT2D eigenvalue weighted by Crippen LogP contribution is 2.35. The minimum absolute atomic E-state index is 0.437. The molecule has 0 unspecified atom stereocenters. The predicted octanol–water partition coefficient (Wildman–Crippen LogP) is 5.70. The summed E-state index contributed by atoms with van der Waals surface area (Å²) >= 11 is 0. The Morgan fingerprint density at radius 1 is 1.22 bits per heavy atom. The summed E-state index contributed by atoms with van der Waals surface area (Å²) in [7, 11) is 0. The largest absolute Gasteiger partial charge is 0.342 e. The van der Waals surface area contributed by atoms with Gasteiger partial charge in [0.15, 0.2) is 0 Å². The van der Waals surface area contributed by atoms with Gasteiger partial charge in [0.25, 0.3) is 0 Å². The van der Waals surface area contributed by atoms with Crippen molar-refractivity contribution in [2.24, 2.45) is 5.92 Å². The van der Waals surface area contributed by atoms with E-state index in [9.17, 15) is 0 Å². The molecule has 1 N–H and O–H groups in total. The first-order valence-electron chi connectivity index (χ1n) is 10.8. The van der Waals surface area contributed by atoms with Crippen LogP contribution >= 0.6 is 0 Å². The van der Waals surface area contributed by atoms with E-state index in [0.717, 1.165) is 23.7 Å². The molecule has 1 aliphatic rings. The molecule has 3 nitrogen and oxygen atoms in total. The minimum atomic E-state index is 0.437. The topological polar surface area (TPSA) is 31.9 Å². The third-order valence-electron chi connectivity index (χ3n) is 6.01. The molecule has 2 aromatic rings. The Kier molecular flexibility index (Phi) is 6.83. The first-order chi connectivity index (χ1) is 13.1. The predicted molar refractivity (Wildman–Crippen MR) is 115 cm³/mol. The molecule has 146 valence electrons. The molecule has 1 fully saturated rings. The van der Waals surface area contributed by atoms with E-state index in [1.165, 1.54) is 62.4 Å². The summed E-state index contributed by atoms with van der Waals surface area (Å²) in [6.07, 6.45) is 16.8.